The number of aromatic nitrogens is 2. The summed E-state index contributed by atoms with van der Waals surface area (Å²) in [5.74, 6) is 1.32. The van der Waals surface area contributed by atoms with Crippen molar-refractivity contribution in [2.45, 2.75) is 17.1 Å². The van der Waals surface area contributed by atoms with E-state index in [9.17, 15) is 4.79 Å². The van der Waals surface area contributed by atoms with Crippen LogP contribution in [0.4, 0.5) is 5.82 Å². The lowest BCUT2D eigenvalue weighted by molar-refractivity contribution is -0.113. The summed E-state index contributed by atoms with van der Waals surface area (Å²) in [5.41, 5.74) is 3.30. The van der Waals surface area contributed by atoms with Crippen molar-refractivity contribution in [3.63, 3.8) is 0 Å². The zero-order valence-electron chi connectivity index (χ0n) is 12.2. The van der Waals surface area contributed by atoms with E-state index in [1.807, 2.05) is 14.0 Å². The minimum atomic E-state index is 0.0347. The molecule has 3 rings (SSSR count). The summed E-state index contributed by atoms with van der Waals surface area (Å²) in [6.45, 7) is 2.00. The Morgan fingerprint density at radius 3 is 2.76 bits per heavy atom. The molecule has 1 aromatic carbocycles. The Hall–Kier alpha value is -1.40. The Bertz CT molecular complexity index is 679. The highest BCUT2D eigenvalue weighted by Crippen LogP contribution is 2.43. The molecule has 6 heteroatoms. The van der Waals surface area contributed by atoms with Gasteiger partial charge >= 0.3 is 0 Å². The summed E-state index contributed by atoms with van der Waals surface area (Å²) < 4.78 is 1.76. The highest BCUT2D eigenvalue weighted by Gasteiger charge is 2.29. The highest BCUT2D eigenvalue weighted by molar-refractivity contribution is 8.00. The van der Waals surface area contributed by atoms with E-state index in [4.69, 9.17) is 0 Å². The van der Waals surface area contributed by atoms with Gasteiger partial charge in [0.15, 0.2) is 0 Å². The zero-order chi connectivity index (χ0) is 15.0. The van der Waals surface area contributed by atoms with Crippen molar-refractivity contribution in [3.05, 3.63) is 41.1 Å². The number of aryl methyl sites for hydroxylation is 2. The van der Waals surface area contributed by atoms with Crippen molar-refractivity contribution >= 4 is 35.2 Å². The first-order valence-corrected chi connectivity index (χ1v) is 8.96. The lowest BCUT2D eigenvalue weighted by Crippen LogP contribution is -2.15. The molecule has 4 nitrogen and oxygen atoms in total. The molecular weight excluding hydrogens is 302 g/mol. The van der Waals surface area contributed by atoms with Crippen LogP contribution in [0.1, 0.15) is 22.1 Å². The van der Waals surface area contributed by atoms with Crippen molar-refractivity contribution in [1.29, 1.82) is 0 Å². The van der Waals surface area contributed by atoms with Gasteiger partial charge in [-0.3, -0.25) is 9.48 Å². The second kappa shape index (κ2) is 5.77. The highest BCUT2D eigenvalue weighted by atomic mass is 32.2. The standard InChI is InChI=1S/C15H17N3OS2/c1-9-13-14(10-4-6-11(20-3)7-5-10)21-8-12(19)16-15(13)18(2)17-9/h4-7,14H,8H2,1-3H3,(H,16,19)/t14-/m0/s1. The fourth-order valence-electron chi connectivity index (χ4n) is 2.59. The molecule has 0 radical (unpaired) electrons. The second-order valence-electron chi connectivity index (χ2n) is 4.98. The molecule has 0 fully saturated rings. The summed E-state index contributed by atoms with van der Waals surface area (Å²) >= 11 is 3.39. The summed E-state index contributed by atoms with van der Waals surface area (Å²) in [7, 11) is 1.87. The van der Waals surface area contributed by atoms with E-state index in [1.165, 1.54) is 10.5 Å². The molecule has 0 unspecified atom stereocenters. The maximum absolute atomic E-state index is 11.9. The zero-order valence-corrected chi connectivity index (χ0v) is 13.8. The van der Waals surface area contributed by atoms with E-state index in [0.717, 1.165) is 17.1 Å². The number of fused-ring (bicyclic) bond motifs is 1. The minimum Gasteiger partial charge on any atom is -0.310 e. The van der Waals surface area contributed by atoms with E-state index in [1.54, 1.807) is 28.2 Å². The predicted octanol–water partition coefficient (Wildman–Crippen LogP) is 3.23. The number of nitrogens with one attached hydrogen (secondary N) is 1. The number of rotatable bonds is 2. The van der Waals surface area contributed by atoms with Crippen LogP contribution in [0, 0.1) is 6.92 Å². The molecule has 21 heavy (non-hydrogen) atoms. The molecule has 0 saturated carbocycles. The van der Waals surface area contributed by atoms with E-state index in [0.29, 0.717) is 5.75 Å². The Balaban J connectivity index is 2.07. The number of thioether (sulfide) groups is 2. The van der Waals surface area contributed by atoms with Crippen LogP contribution in [0.3, 0.4) is 0 Å². The van der Waals surface area contributed by atoms with Gasteiger partial charge in [0.2, 0.25) is 5.91 Å². The number of nitrogens with zero attached hydrogens (tertiary/aromatic N) is 2. The van der Waals surface area contributed by atoms with Gasteiger partial charge < -0.3 is 5.32 Å². The maximum atomic E-state index is 11.9. The topological polar surface area (TPSA) is 46.9 Å². The third-order valence-electron chi connectivity index (χ3n) is 3.59. The summed E-state index contributed by atoms with van der Waals surface area (Å²) in [6, 6.07) is 8.56. The number of carbonyl (C=O) groups excluding carboxylic acids is 1. The fraction of sp³-hybridized carbons (Fsp3) is 0.333. The van der Waals surface area contributed by atoms with Crippen molar-refractivity contribution in [3.8, 4) is 0 Å². The third-order valence-corrected chi connectivity index (χ3v) is 5.60. The van der Waals surface area contributed by atoms with E-state index >= 15 is 0 Å². The maximum Gasteiger partial charge on any atom is 0.235 e. The third kappa shape index (κ3) is 2.70. The van der Waals surface area contributed by atoms with Gasteiger partial charge in [0, 0.05) is 17.5 Å². The lowest BCUT2D eigenvalue weighted by atomic mass is 10.0. The Labute approximate surface area is 132 Å². The molecule has 110 valence electrons. The van der Waals surface area contributed by atoms with Crippen LogP contribution in [0.25, 0.3) is 0 Å². The van der Waals surface area contributed by atoms with Crippen LogP contribution in [-0.2, 0) is 11.8 Å². The van der Waals surface area contributed by atoms with Crippen molar-refractivity contribution in [2.24, 2.45) is 7.05 Å². The van der Waals surface area contributed by atoms with Gasteiger partial charge in [-0.05, 0) is 30.9 Å². The molecular formula is C15H17N3OS2. The lowest BCUT2D eigenvalue weighted by Gasteiger charge is -2.15. The van der Waals surface area contributed by atoms with Crippen LogP contribution in [0.15, 0.2) is 29.2 Å². The summed E-state index contributed by atoms with van der Waals surface area (Å²) in [5, 5.41) is 7.58. The van der Waals surface area contributed by atoms with E-state index in [-0.39, 0.29) is 11.2 Å². The number of hydrogen-bond donors (Lipinski definition) is 1. The second-order valence-corrected chi connectivity index (χ2v) is 6.96. The molecule has 0 spiro atoms. The number of hydrogen-bond acceptors (Lipinski definition) is 4. The smallest absolute Gasteiger partial charge is 0.235 e. The first-order chi connectivity index (χ1) is 10.1. The summed E-state index contributed by atoms with van der Waals surface area (Å²) in [6.07, 6.45) is 2.07. The van der Waals surface area contributed by atoms with Crippen LogP contribution in [-0.4, -0.2) is 27.7 Å². The molecule has 1 N–H and O–H groups in total. The average Bonchev–Trinajstić information content (AvgIpc) is 2.66. The molecule has 0 bridgehead atoms. The van der Waals surface area contributed by atoms with E-state index < -0.39 is 0 Å². The average molecular weight is 319 g/mol. The van der Waals surface area contributed by atoms with Gasteiger partial charge in [-0.25, -0.2) is 0 Å². The molecule has 1 atom stereocenters. The monoisotopic (exact) mass is 319 g/mol. The molecule has 1 aromatic heterocycles. The first-order valence-electron chi connectivity index (χ1n) is 6.69. The van der Waals surface area contributed by atoms with Crippen molar-refractivity contribution in [2.75, 3.05) is 17.3 Å². The fourth-order valence-corrected chi connectivity index (χ4v) is 4.19. The van der Waals surface area contributed by atoms with Crippen LogP contribution < -0.4 is 5.32 Å². The van der Waals surface area contributed by atoms with Gasteiger partial charge in [-0.15, -0.1) is 23.5 Å². The summed E-state index contributed by atoms with van der Waals surface area (Å²) in [4.78, 5) is 13.2. The molecule has 1 aliphatic rings. The van der Waals surface area contributed by atoms with Gasteiger partial charge in [0.1, 0.15) is 5.82 Å². The number of anilines is 1. The Morgan fingerprint density at radius 1 is 1.38 bits per heavy atom. The van der Waals surface area contributed by atoms with Crippen LogP contribution >= 0.6 is 23.5 Å². The van der Waals surface area contributed by atoms with Gasteiger partial charge in [-0.1, -0.05) is 12.1 Å². The molecule has 0 saturated heterocycles. The van der Waals surface area contributed by atoms with Gasteiger partial charge in [-0.2, -0.15) is 5.10 Å². The van der Waals surface area contributed by atoms with Gasteiger partial charge in [0.25, 0.3) is 0 Å². The molecule has 2 heterocycles. The normalized spacial score (nSPS) is 18.0. The molecule has 2 aromatic rings. The van der Waals surface area contributed by atoms with Gasteiger partial charge in [0.05, 0.1) is 16.7 Å². The molecule has 1 aliphatic heterocycles. The van der Waals surface area contributed by atoms with Crippen molar-refractivity contribution < 1.29 is 4.79 Å². The number of benzene rings is 1. The van der Waals surface area contributed by atoms with Crippen LogP contribution in [0.2, 0.25) is 0 Å². The van der Waals surface area contributed by atoms with E-state index in [2.05, 4.69) is 40.9 Å². The first kappa shape index (κ1) is 14.5. The molecule has 1 amide bonds. The SMILES string of the molecule is CSc1ccc([C@@H]2SCC(=O)Nc3c2c(C)nn3C)cc1. The number of carbonyl (C=O) groups is 1. The van der Waals surface area contributed by atoms with Crippen molar-refractivity contribution in [1.82, 2.24) is 9.78 Å². The van der Waals surface area contributed by atoms with Crippen LogP contribution in [0.5, 0.6) is 0 Å². The minimum absolute atomic E-state index is 0.0347. The Kier molecular flexibility index (Phi) is 3.99. The quantitative estimate of drug-likeness (QED) is 0.863. The predicted molar refractivity (Wildman–Crippen MR) is 89.1 cm³/mol. The number of amides is 1. The molecule has 0 aliphatic carbocycles. The Morgan fingerprint density at radius 2 is 2.10 bits per heavy atom. The largest absolute Gasteiger partial charge is 0.310 e.